The van der Waals surface area contributed by atoms with Crippen LogP contribution in [0.2, 0.25) is 0 Å². The number of rotatable bonds is 4. The molecule has 0 saturated heterocycles. The third-order valence-corrected chi connectivity index (χ3v) is 2.30. The first-order valence-corrected chi connectivity index (χ1v) is 5.10. The number of carboxylic acids is 3. The van der Waals surface area contributed by atoms with Crippen LogP contribution in [-0.2, 0) is 23.9 Å². The van der Waals surface area contributed by atoms with Gasteiger partial charge < -0.3 is 20.1 Å². The molecule has 110 valence electrons. The van der Waals surface area contributed by atoms with Gasteiger partial charge in [0.1, 0.15) is 0 Å². The number of carbonyl (C=O) groups is 4. The predicted octanol–water partition coefficient (Wildman–Crippen LogP) is 0.452. The van der Waals surface area contributed by atoms with Crippen LogP contribution in [0.15, 0.2) is 0 Å². The average molecular weight is 278 g/mol. The molecule has 0 spiro atoms. The Bertz CT molecular complexity index is 364. The van der Waals surface area contributed by atoms with Gasteiger partial charge in [0.05, 0.1) is 7.11 Å². The van der Waals surface area contributed by atoms with Crippen LogP contribution in [0.5, 0.6) is 0 Å². The molecule has 0 aromatic carbocycles. The zero-order valence-electron chi connectivity index (χ0n) is 11.4. The second kappa shape index (κ2) is 6.72. The predicted molar refractivity (Wildman–Crippen MR) is 62.5 cm³/mol. The highest BCUT2D eigenvalue weighted by molar-refractivity contribution is 5.98. The summed E-state index contributed by atoms with van der Waals surface area (Å²) in [5.74, 6) is -4.57. The van der Waals surface area contributed by atoms with Crippen molar-refractivity contribution in [1.29, 1.82) is 0 Å². The van der Waals surface area contributed by atoms with Gasteiger partial charge in [-0.1, -0.05) is 0 Å². The van der Waals surface area contributed by atoms with Gasteiger partial charge in [-0.3, -0.25) is 19.2 Å². The van der Waals surface area contributed by atoms with Gasteiger partial charge in [-0.2, -0.15) is 0 Å². The molecule has 0 unspecified atom stereocenters. The van der Waals surface area contributed by atoms with E-state index in [9.17, 15) is 19.2 Å². The summed E-state index contributed by atoms with van der Waals surface area (Å²) in [7, 11) is 1.16. The lowest BCUT2D eigenvalue weighted by molar-refractivity contribution is -0.165. The van der Waals surface area contributed by atoms with Crippen molar-refractivity contribution in [3.8, 4) is 0 Å². The van der Waals surface area contributed by atoms with Crippen molar-refractivity contribution in [2.75, 3.05) is 7.11 Å². The molecule has 0 heterocycles. The zero-order valence-corrected chi connectivity index (χ0v) is 11.4. The molecule has 0 rings (SSSR count). The van der Waals surface area contributed by atoms with E-state index in [2.05, 4.69) is 4.74 Å². The van der Waals surface area contributed by atoms with Crippen molar-refractivity contribution in [1.82, 2.24) is 0 Å². The van der Waals surface area contributed by atoms with Gasteiger partial charge in [-0.05, 0) is 27.7 Å². The maximum Gasteiger partial charge on any atom is 0.322 e. The molecular weight excluding hydrogens is 260 g/mol. The minimum absolute atomic E-state index is 0.736. The Hall–Kier alpha value is -2.12. The van der Waals surface area contributed by atoms with Crippen molar-refractivity contribution in [2.45, 2.75) is 27.7 Å². The van der Waals surface area contributed by atoms with Gasteiger partial charge >= 0.3 is 23.9 Å². The number of carbonyl (C=O) groups excluding carboxylic acids is 1. The first kappa shape index (κ1) is 19.2. The highest BCUT2D eigenvalue weighted by Gasteiger charge is 2.37. The van der Waals surface area contributed by atoms with E-state index in [1.165, 1.54) is 13.8 Å². The molecule has 0 radical (unpaired) electrons. The summed E-state index contributed by atoms with van der Waals surface area (Å²) in [6.45, 7) is 4.86. The van der Waals surface area contributed by atoms with E-state index in [0.29, 0.717) is 0 Å². The van der Waals surface area contributed by atoms with Gasteiger partial charge in [0.25, 0.3) is 0 Å². The Morgan fingerprint density at radius 3 is 1.05 bits per heavy atom. The van der Waals surface area contributed by atoms with Crippen LogP contribution < -0.4 is 0 Å². The maximum atomic E-state index is 10.7. The van der Waals surface area contributed by atoms with E-state index in [-0.39, 0.29) is 0 Å². The van der Waals surface area contributed by atoms with Crippen molar-refractivity contribution in [3.05, 3.63) is 0 Å². The van der Waals surface area contributed by atoms with Crippen LogP contribution >= 0.6 is 0 Å². The van der Waals surface area contributed by atoms with Crippen molar-refractivity contribution >= 4 is 23.9 Å². The summed E-state index contributed by atoms with van der Waals surface area (Å²) in [6, 6.07) is 0. The molecule has 0 amide bonds. The van der Waals surface area contributed by atoms with Crippen LogP contribution in [0.25, 0.3) is 0 Å². The minimum Gasteiger partial charge on any atom is -0.480 e. The molecule has 0 atom stereocenters. The summed E-state index contributed by atoms with van der Waals surface area (Å²) in [5.41, 5.74) is -3.10. The van der Waals surface area contributed by atoms with Crippen LogP contribution in [0, 0.1) is 10.8 Å². The lowest BCUT2D eigenvalue weighted by atomic mass is 9.94. The molecule has 0 aliphatic carbocycles. The molecule has 3 N–H and O–H groups in total. The standard InChI is InChI=1S/C6H10O4.C5H8O4/c1-6(2,4(7)8)5(9)10-3;1-5(2,3(6)7)4(8)9/h1-3H3,(H,7,8);1-2H3,(H,6,7)(H,8,9). The molecule has 0 fully saturated rings. The summed E-state index contributed by atoms with van der Waals surface area (Å²) < 4.78 is 4.26. The van der Waals surface area contributed by atoms with E-state index in [4.69, 9.17) is 15.3 Å². The minimum atomic E-state index is -1.67. The lowest BCUT2D eigenvalue weighted by Gasteiger charge is -2.14. The van der Waals surface area contributed by atoms with E-state index in [1.807, 2.05) is 0 Å². The number of methoxy groups -OCH3 is 1. The van der Waals surface area contributed by atoms with E-state index in [1.54, 1.807) is 0 Å². The monoisotopic (exact) mass is 278 g/mol. The van der Waals surface area contributed by atoms with E-state index in [0.717, 1.165) is 21.0 Å². The number of aliphatic carboxylic acids is 3. The van der Waals surface area contributed by atoms with E-state index < -0.39 is 34.7 Å². The Kier molecular flexibility index (Phi) is 6.80. The number of hydrogen-bond acceptors (Lipinski definition) is 5. The van der Waals surface area contributed by atoms with Crippen molar-refractivity contribution in [3.63, 3.8) is 0 Å². The van der Waals surface area contributed by atoms with Crippen LogP contribution in [0.4, 0.5) is 0 Å². The molecule has 0 saturated carbocycles. The van der Waals surface area contributed by atoms with Gasteiger partial charge in [0.15, 0.2) is 10.8 Å². The fraction of sp³-hybridized carbons (Fsp3) is 0.636. The zero-order chi connectivity index (χ0) is 16.0. The maximum absolute atomic E-state index is 10.7. The molecule has 0 aliphatic heterocycles. The normalized spacial score (nSPS) is 10.8. The highest BCUT2D eigenvalue weighted by Crippen LogP contribution is 2.16. The van der Waals surface area contributed by atoms with Gasteiger partial charge in [-0.15, -0.1) is 0 Å². The molecule has 0 aromatic rings. The second-order valence-electron chi connectivity index (χ2n) is 4.66. The fourth-order valence-corrected chi connectivity index (χ4v) is 0.434. The summed E-state index contributed by atoms with van der Waals surface area (Å²) >= 11 is 0. The number of hydrogen-bond donors (Lipinski definition) is 3. The quantitative estimate of drug-likeness (QED) is 0.497. The first-order valence-electron chi connectivity index (χ1n) is 5.10. The Morgan fingerprint density at radius 2 is 1.00 bits per heavy atom. The molecule has 0 bridgehead atoms. The van der Waals surface area contributed by atoms with Gasteiger partial charge in [0, 0.05) is 0 Å². The summed E-state index contributed by atoms with van der Waals surface area (Å²) in [5, 5.41) is 24.9. The third kappa shape index (κ3) is 5.36. The van der Waals surface area contributed by atoms with Gasteiger partial charge in [0.2, 0.25) is 0 Å². The molecule has 0 aliphatic rings. The van der Waals surface area contributed by atoms with Crippen molar-refractivity contribution in [2.24, 2.45) is 10.8 Å². The van der Waals surface area contributed by atoms with Crippen LogP contribution in [0.3, 0.4) is 0 Å². The number of ether oxygens (including phenoxy) is 1. The highest BCUT2D eigenvalue weighted by atomic mass is 16.5. The second-order valence-corrected chi connectivity index (χ2v) is 4.66. The SMILES string of the molecule is CC(C)(C(=O)O)C(=O)O.COC(=O)C(C)(C)C(=O)O. The molecule has 8 heteroatoms. The molecule has 19 heavy (non-hydrogen) atoms. The van der Waals surface area contributed by atoms with Crippen molar-refractivity contribution < 1.29 is 39.2 Å². The Labute approximate surface area is 110 Å². The third-order valence-electron chi connectivity index (χ3n) is 2.30. The van der Waals surface area contributed by atoms with Crippen LogP contribution in [-0.4, -0.2) is 46.3 Å². The number of esters is 1. The van der Waals surface area contributed by atoms with E-state index >= 15 is 0 Å². The average Bonchev–Trinajstić information content (AvgIpc) is 2.27. The largest absolute Gasteiger partial charge is 0.480 e. The fourth-order valence-electron chi connectivity index (χ4n) is 0.434. The Morgan fingerprint density at radius 1 is 0.737 bits per heavy atom. The first-order chi connectivity index (χ1) is 8.31. The smallest absolute Gasteiger partial charge is 0.322 e. The molecule has 0 aromatic heterocycles. The molecule has 8 nitrogen and oxygen atoms in total. The lowest BCUT2D eigenvalue weighted by Crippen LogP contribution is -2.34. The summed E-state index contributed by atoms with van der Waals surface area (Å²) in [4.78, 5) is 41.2. The van der Waals surface area contributed by atoms with Gasteiger partial charge in [-0.25, -0.2) is 0 Å². The Balaban J connectivity index is 0. The molecular formula is C11H18O8. The number of carboxylic acid groups (broad SMARTS) is 3. The topological polar surface area (TPSA) is 138 Å². The van der Waals surface area contributed by atoms with Crippen LogP contribution in [0.1, 0.15) is 27.7 Å². The summed E-state index contributed by atoms with van der Waals surface area (Å²) in [6.07, 6.45) is 0.